The Kier molecular flexibility index (Phi) is 3.99. The minimum Gasteiger partial charge on any atom is -0.389 e. The molecule has 2 aromatic rings. The van der Waals surface area contributed by atoms with Crippen LogP contribution in [0.15, 0.2) is 46.7 Å². The van der Waals surface area contributed by atoms with Gasteiger partial charge in [0.2, 0.25) is 0 Å². The van der Waals surface area contributed by atoms with Crippen molar-refractivity contribution in [2.24, 2.45) is 0 Å². The van der Waals surface area contributed by atoms with Crippen molar-refractivity contribution >= 4 is 23.4 Å². The van der Waals surface area contributed by atoms with E-state index in [2.05, 4.69) is 9.97 Å². The molecule has 17 heavy (non-hydrogen) atoms. The number of aliphatic hydroxyl groups is 1. The fourth-order valence-corrected chi connectivity index (χ4v) is 2.15. The highest BCUT2D eigenvalue weighted by molar-refractivity contribution is 7.99. The molecule has 0 amide bonds. The molecule has 0 aliphatic heterocycles. The summed E-state index contributed by atoms with van der Waals surface area (Å²) in [5, 5.41) is 11.7. The number of rotatable bonds is 3. The van der Waals surface area contributed by atoms with E-state index in [9.17, 15) is 5.11 Å². The van der Waals surface area contributed by atoms with Gasteiger partial charge in [-0.2, -0.15) is 0 Å². The fraction of sp³-hybridized carbons (Fsp3) is 0.167. The molecule has 2 heterocycles. The number of nitrogens with zero attached hydrogens (tertiary/aromatic N) is 2. The summed E-state index contributed by atoms with van der Waals surface area (Å²) in [5.41, 5.74) is 0.844. The van der Waals surface area contributed by atoms with Crippen LogP contribution in [0.1, 0.15) is 18.6 Å². The minimum absolute atomic E-state index is 0.490. The van der Waals surface area contributed by atoms with Gasteiger partial charge in [-0.1, -0.05) is 23.4 Å². The van der Waals surface area contributed by atoms with Crippen LogP contribution < -0.4 is 0 Å². The lowest BCUT2D eigenvalue weighted by atomic mass is 10.2. The number of hydrogen-bond acceptors (Lipinski definition) is 4. The van der Waals surface area contributed by atoms with Gasteiger partial charge >= 0.3 is 0 Å². The Morgan fingerprint density at radius 3 is 2.71 bits per heavy atom. The van der Waals surface area contributed by atoms with Gasteiger partial charge in [-0.05, 0) is 36.8 Å². The van der Waals surface area contributed by atoms with Crippen LogP contribution in [0.3, 0.4) is 0 Å². The van der Waals surface area contributed by atoms with Gasteiger partial charge < -0.3 is 5.11 Å². The molecule has 0 saturated heterocycles. The third-order valence-corrected chi connectivity index (χ3v) is 3.26. The second-order valence-electron chi connectivity index (χ2n) is 3.52. The third kappa shape index (κ3) is 3.43. The monoisotopic (exact) mass is 266 g/mol. The lowest BCUT2D eigenvalue weighted by Crippen LogP contribution is -1.92. The number of aliphatic hydroxyl groups excluding tert-OH is 1. The van der Waals surface area contributed by atoms with Crippen LogP contribution in [0.5, 0.6) is 0 Å². The Labute approximate surface area is 109 Å². The Hall–Kier alpha value is -1.10. The topological polar surface area (TPSA) is 46.0 Å². The van der Waals surface area contributed by atoms with Crippen molar-refractivity contribution in [3.8, 4) is 0 Å². The Morgan fingerprint density at radius 2 is 2.06 bits per heavy atom. The first-order valence-corrected chi connectivity index (χ1v) is 6.28. The predicted molar refractivity (Wildman–Crippen MR) is 68.2 cm³/mol. The normalized spacial score (nSPS) is 12.4. The zero-order chi connectivity index (χ0) is 12.3. The lowest BCUT2D eigenvalue weighted by molar-refractivity contribution is 0.199. The molecule has 5 heteroatoms. The number of aromatic nitrogens is 2. The van der Waals surface area contributed by atoms with E-state index >= 15 is 0 Å². The summed E-state index contributed by atoms with van der Waals surface area (Å²) in [5.74, 6) is 0. The van der Waals surface area contributed by atoms with E-state index < -0.39 is 6.10 Å². The zero-order valence-corrected chi connectivity index (χ0v) is 10.7. The summed E-state index contributed by atoms with van der Waals surface area (Å²) in [7, 11) is 0. The predicted octanol–water partition coefficient (Wildman–Crippen LogP) is 3.33. The SMILES string of the molecule is C[C@H](O)c1ccnc(Sc2ccc(Cl)cn2)c1. The van der Waals surface area contributed by atoms with Gasteiger partial charge in [0.25, 0.3) is 0 Å². The van der Waals surface area contributed by atoms with Gasteiger partial charge in [-0.25, -0.2) is 9.97 Å². The van der Waals surface area contributed by atoms with Crippen molar-refractivity contribution in [2.45, 2.75) is 23.1 Å². The molecular formula is C12H11ClN2OS. The zero-order valence-electron chi connectivity index (χ0n) is 9.17. The Bertz CT molecular complexity index is 502. The van der Waals surface area contributed by atoms with Crippen molar-refractivity contribution in [3.05, 3.63) is 47.2 Å². The maximum atomic E-state index is 9.48. The van der Waals surface area contributed by atoms with E-state index in [-0.39, 0.29) is 0 Å². The van der Waals surface area contributed by atoms with Crippen LogP contribution in [0.4, 0.5) is 0 Å². The molecule has 3 nitrogen and oxygen atoms in total. The quantitative estimate of drug-likeness (QED) is 0.926. The van der Waals surface area contributed by atoms with E-state index in [1.165, 1.54) is 11.8 Å². The molecule has 0 aliphatic rings. The highest BCUT2D eigenvalue weighted by Gasteiger charge is 2.04. The molecule has 0 bridgehead atoms. The maximum Gasteiger partial charge on any atom is 0.103 e. The average Bonchev–Trinajstić information content (AvgIpc) is 2.32. The number of pyridine rings is 2. The molecular weight excluding hydrogens is 256 g/mol. The molecule has 0 aromatic carbocycles. The van der Waals surface area contributed by atoms with Gasteiger partial charge in [0.15, 0.2) is 0 Å². The Morgan fingerprint density at radius 1 is 1.24 bits per heavy atom. The van der Waals surface area contributed by atoms with E-state index in [0.29, 0.717) is 5.02 Å². The van der Waals surface area contributed by atoms with Gasteiger partial charge in [0.1, 0.15) is 10.1 Å². The minimum atomic E-state index is -0.490. The van der Waals surface area contributed by atoms with Gasteiger partial charge in [0, 0.05) is 12.4 Å². The van der Waals surface area contributed by atoms with Crippen LogP contribution in [0.25, 0.3) is 0 Å². The highest BCUT2D eigenvalue weighted by atomic mass is 35.5. The van der Waals surface area contributed by atoms with E-state index in [0.717, 1.165) is 15.6 Å². The van der Waals surface area contributed by atoms with Crippen LogP contribution >= 0.6 is 23.4 Å². The van der Waals surface area contributed by atoms with Crippen molar-refractivity contribution in [1.29, 1.82) is 0 Å². The number of hydrogen-bond donors (Lipinski definition) is 1. The molecule has 0 spiro atoms. The Balaban J connectivity index is 2.18. The van der Waals surface area contributed by atoms with Crippen LogP contribution in [0, 0.1) is 0 Å². The molecule has 0 radical (unpaired) electrons. The molecule has 0 unspecified atom stereocenters. The van der Waals surface area contributed by atoms with E-state index in [1.54, 1.807) is 31.5 Å². The van der Waals surface area contributed by atoms with Crippen LogP contribution in [-0.4, -0.2) is 15.1 Å². The average molecular weight is 267 g/mol. The molecule has 88 valence electrons. The maximum absolute atomic E-state index is 9.48. The smallest absolute Gasteiger partial charge is 0.103 e. The molecule has 2 rings (SSSR count). The molecule has 1 atom stereocenters. The molecule has 0 saturated carbocycles. The third-order valence-electron chi connectivity index (χ3n) is 2.15. The molecule has 2 aromatic heterocycles. The molecule has 0 aliphatic carbocycles. The number of halogens is 1. The van der Waals surface area contributed by atoms with E-state index in [4.69, 9.17) is 11.6 Å². The van der Waals surface area contributed by atoms with Crippen molar-refractivity contribution in [2.75, 3.05) is 0 Å². The largest absolute Gasteiger partial charge is 0.389 e. The van der Waals surface area contributed by atoms with E-state index in [1.807, 2.05) is 12.1 Å². The van der Waals surface area contributed by atoms with Gasteiger partial charge in [-0.3, -0.25) is 0 Å². The van der Waals surface area contributed by atoms with Crippen LogP contribution in [-0.2, 0) is 0 Å². The lowest BCUT2D eigenvalue weighted by Gasteiger charge is -2.06. The summed E-state index contributed by atoms with van der Waals surface area (Å²) in [6.07, 6.45) is 2.79. The van der Waals surface area contributed by atoms with Crippen molar-refractivity contribution in [1.82, 2.24) is 9.97 Å². The first kappa shape index (κ1) is 12.4. The first-order valence-electron chi connectivity index (χ1n) is 5.08. The second-order valence-corrected chi connectivity index (χ2v) is 5.00. The first-order chi connectivity index (χ1) is 8.15. The summed E-state index contributed by atoms with van der Waals surface area (Å²) in [4.78, 5) is 8.39. The molecule has 1 N–H and O–H groups in total. The molecule has 0 fully saturated rings. The summed E-state index contributed by atoms with van der Waals surface area (Å²) >= 11 is 7.20. The highest BCUT2D eigenvalue weighted by Crippen LogP contribution is 2.26. The standard InChI is InChI=1S/C12H11ClN2OS/c1-8(16)9-4-5-14-12(6-9)17-11-3-2-10(13)7-15-11/h2-8,16H,1H3/t8-/m0/s1. The second kappa shape index (κ2) is 5.49. The summed E-state index contributed by atoms with van der Waals surface area (Å²) in [6, 6.07) is 7.27. The van der Waals surface area contributed by atoms with Crippen molar-refractivity contribution in [3.63, 3.8) is 0 Å². The van der Waals surface area contributed by atoms with Gasteiger partial charge in [0.05, 0.1) is 11.1 Å². The van der Waals surface area contributed by atoms with Crippen LogP contribution in [0.2, 0.25) is 5.02 Å². The fourth-order valence-electron chi connectivity index (χ4n) is 1.27. The van der Waals surface area contributed by atoms with Gasteiger partial charge in [-0.15, -0.1) is 0 Å². The summed E-state index contributed by atoms with van der Waals surface area (Å²) in [6.45, 7) is 1.73. The van der Waals surface area contributed by atoms with Crippen molar-refractivity contribution < 1.29 is 5.11 Å². The summed E-state index contributed by atoms with van der Waals surface area (Å²) < 4.78 is 0.